The molecule has 0 aliphatic carbocycles. The van der Waals surface area contributed by atoms with E-state index in [9.17, 15) is 0 Å². The minimum absolute atomic E-state index is 0.573. The molecule has 4 heteroatoms. The third kappa shape index (κ3) is 5.67. The van der Waals surface area contributed by atoms with Gasteiger partial charge in [-0.1, -0.05) is 41.4 Å². The van der Waals surface area contributed by atoms with Crippen molar-refractivity contribution in [3.05, 3.63) is 40.9 Å². The van der Waals surface area contributed by atoms with Crippen molar-refractivity contribution in [1.82, 2.24) is 5.32 Å². The molecule has 0 amide bonds. The first-order chi connectivity index (χ1) is 7.33. The Morgan fingerprint density at radius 3 is 2.73 bits per heavy atom. The van der Waals surface area contributed by atoms with E-state index in [1.807, 2.05) is 30.3 Å². The number of hydrogen-bond acceptors (Lipinski definition) is 2. The van der Waals surface area contributed by atoms with Crippen LogP contribution in [-0.4, -0.2) is 19.7 Å². The average molecular weight is 246 g/mol. The molecule has 0 fully saturated rings. The Balaban J connectivity index is 2.08. The van der Waals surface area contributed by atoms with E-state index in [0.29, 0.717) is 18.2 Å². The summed E-state index contributed by atoms with van der Waals surface area (Å²) < 4.78 is 5.46. The summed E-state index contributed by atoms with van der Waals surface area (Å²) in [5.74, 6) is 0.873. The highest BCUT2D eigenvalue weighted by molar-refractivity contribution is 6.36. The van der Waals surface area contributed by atoms with E-state index in [4.69, 9.17) is 27.9 Å². The van der Waals surface area contributed by atoms with E-state index >= 15 is 0 Å². The second kappa shape index (κ2) is 7.57. The molecular weight excluding hydrogens is 233 g/mol. The summed E-state index contributed by atoms with van der Waals surface area (Å²) in [6.45, 7) is 1.91. The quantitative estimate of drug-likeness (QED) is 0.779. The van der Waals surface area contributed by atoms with Gasteiger partial charge in [0.15, 0.2) is 0 Å². The molecule has 0 aliphatic heterocycles. The van der Waals surface area contributed by atoms with Gasteiger partial charge in [-0.2, -0.15) is 0 Å². The van der Waals surface area contributed by atoms with Gasteiger partial charge in [0.05, 0.1) is 0 Å². The van der Waals surface area contributed by atoms with Gasteiger partial charge in [0.1, 0.15) is 12.4 Å². The van der Waals surface area contributed by atoms with Crippen molar-refractivity contribution in [3.63, 3.8) is 0 Å². The number of ether oxygens (including phenoxy) is 1. The number of nitrogens with one attached hydrogen (secondary N) is 1. The Kier molecular flexibility index (Phi) is 6.25. The molecule has 0 aromatic heterocycles. The lowest BCUT2D eigenvalue weighted by molar-refractivity contribution is 0.316. The number of benzene rings is 1. The van der Waals surface area contributed by atoms with Gasteiger partial charge in [0.25, 0.3) is 0 Å². The summed E-state index contributed by atoms with van der Waals surface area (Å²) >= 11 is 11.1. The van der Waals surface area contributed by atoms with Crippen molar-refractivity contribution in [2.75, 3.05) is 19.7 Å². The van der Waals surface area contributed by atoms with Crippen LogP contribution in [0.1, 0.15) is 0 Å². The SMILES string of the molecule is ClC=C(Cl)CNCCOc1ccccc1. The first-order valence-electron chi connectivity index (χ1n) is 4.66. The molecular formula is C11H13Cl2NO. The third-order valence-electron chi connectivity index (χ3n) is 1.70. The van der Waals surface area contributed by atoms with Crippen molar-refractivity contribution in [1.29, 1.82) is 0 Å². The van der Waals surface area contributed by atoms with Gasteiger partial charge in [-0.3, -0.25) is 0 Å². The highest BCUT2D eigenvalue weighted by Crippen LogP contribution is 2.07. The number of hydrogen-bond donors (Lipinski definition) is 1. The van der Waals surface area contributed by atoms with E-state index in [0.717, 1.165) is 12.3 Å². The van der Waals surface area contributed by atoms with Crippen LogP contribution in [0.3, 0.4) is 0 Å². The summed E-state index contributed by atoms with van der Waals surface area (Å²) in [6, 6.07) is 9.68. The Hall–Kier alpha value is -0.700. The topological polar surface area (TPSA) is 21.3 Å². The smallest absolute Gasteiger partial charge is 0.119 e. The lowest BCUT2D eigenvalue weighted by Gasteiger charge is -2.06. The van der Waals surface area contributed by atoms with Crippen molar-refractivity contribution >= 4 is 23.2 Å². The first-order valence-corrected chi connectivity index (χ1v) is 5.47. The second-order valence-corrected chi connectivity index (χ2v) is 3.60. The Bertz CT molecular complexity index is 301. The fourth-order valence-corrected chi connectivity index (χ4v) is 1.18. The molecule has 0 atom stereocenters. The van der Waals surface area contributed by atoms with E-state index in [1.54, 1.807) is 0 Å². The lowest BCUT2D eigenvalue weighted by atomic mass is 10.3. The van der Waals surface area contributed by atoms with E-state index in [-0.39, 0.29) is 0 Å². The molecule has 0 bridgehead atoms. The molecule has 1 N–H and O–H groups in total. The Morgan fingerprint density at radius 1 is 1.33 bits per heavy atom. The molecule has 82 valence electrons. The van der Waals surface area contributed by atoms with Crippen LogP contribution < -0.4 is 10.1 Å². The molecule has 0 spiro atoms. The second-order valence-electron chi connectivity index (χ2n) is 2.89. The van der Waals surface area contributed by atoms with Crippen LogP contribution in [-0.2, 0) is 0 Å². The van der Waals surface area contributed by atoms with Crippen molar-refractivity contribution in [2.24, 2.45) is 0 Å². The van der Waals surface area contributed by atoms with E-state index in [2.05, 4.69) is 5.32 Å². The Morgan fingerprint density at radius 2 is 2.07 bits per heavy atom. The molecule has 0 aliphatic rings. The number of halogens is 2. The van der Waals surface area contributed by atoms with E-state index < -0.39 is 0 Å². The largest absolute Gasteiger partial charge is 0.492 e. The van der Waals surface area contributed by atoms with Gasteiger partial charge in [0, 0.05) is 23.7 Å². The molecule has 1 aromatic rings. The number of para-hydroxylation sites is 1. The zero-order valence-electron chi connectivity index (χ0n) is 8.25. The van der Waals surface area contributed by atoms with Crippen LogP contribution in [0.5, 0.6) is 5.75 Å². The summed E-state index contributed by atoms with van der Waals surface area (Å²) in [4.78, 5) is 0. The fraction of sp³-hybridized carbons (Fsp3) is 0.273. The van der Waals surface area contributed by atoms with Gasteiger partial charge in [0.2, 0.25) is 0 Å². The highest BCUT2D eigenvalue weighted by atomic mass is 35.5. The van der Waals surface area contributed by atoms with Crippen molar-refractivity contribution < 1.29 is 4.74 Å². The minimum atomic E-state index is 0.573. The highest BCUT2D eigenvalue weighted by Gasteiger charge is 1.93. The van der Waals surface area contributed by atoms with Crippen LogP contribution in [0.15, 0.2) is 40.9 Å². The molecule has 1 aromatic carbocycles. The lowest BCUT2D eigenvalue weighted by Crippen LogP contribution is -2.22. The first kappa shape index (κ1) is 12.4. The maximum atomic E-state index is 5.69. The predicted octanol–water partition coefficient (Wildman–Crippen LogP) is 2.97. The van der Waals surface area contributed by atoms with Gasteiger partial charge in [-0.25, -0.2) is 0 Å². The molecule has 0 unspecified atom stereocenters. The van der Waals surface area contributed by atoms with Gasteiger partial charge in [-0.05, 0) is 12.1 Å². The fourth-order valence-electron chi connectivity index (χ4n) is 1.00. The van der Waals surface area contributed by atoms with Crippen LogP contribution >= 0.6 is 23.2 Å². The molecule has 0 saturated carbocycles. The molecule has 2 nitrogen and oxygen atoms in total. The van der Waals surface area contributed by atoms with Crippen LogP contribution in [0.25, 0.3) is 0 Å². The molecule has 15 heavy (non-hydrogen) atoms. The summed E-state index contributed by atoms with van der Waals surface area (Å²) in [5.41, 5.74) is 1.35. The average Bonchev–Trinajstić information content (AvgIpc) is 2.29. The van der Waals surface area contributed by atoms with E-state index in [1.165, 1.54) is 5.54 Å². The zero-order chi connectivity index (χ0) is 10.9. The van der Waals surface area contributed by atoms with Crippen LogP contribution in [0.4, 0.5) is 0 Å². The monoisotopic (exact) mass is 245 g/mol. The summed E-state index contributed by atoms with van der Waals surface area (Å²) in [7, 11) is 0. The normalized spacial score (nSPS) is 11.5. The van der Waals surface area contributed by atoms with Gasteiger partial charge < -0.3 is 10.1 Å². The van der Waals surface area contributed by atoms with Crippen molar-refractivity contribution in [3.8, 4) is 5.75 Å². The molecule has 0 radical (unpaired) electrons. The molecule has 1 rings (SSSR count). The minimum Gasteiger partial charge on any atom is -0.492 e. The van der Waals surface area contributed by atoms with Crippen molar-refractivity contribution in [2.45, 2.75) is 0 Å². The third-order valence-corrected chi connectivity index (χ3v) is 2.32. The Labute approximate surface area is 99.8 Å². The maximum Gasteiger partial charge on any atom is 0.119 e. The summed E-state index contributed by atoms with van der Waals surface area (Å²) in [5, 5.41) is 3.69. The van der Waals surface area contributed by atoms with Gasteiger partial charge >= 0.3 is 0 Å². The van der Waals surface area contributed by atoms with Gasteiger partial charge in [-0.15, -0.1) is 0 Å². The van der Waals surface area contributed by atoms with Crippen LogP contribution in [0, 0.1) is 0 Å². The summed E-state index contributed by atoms with van der Waals surface area (Å²) in [6.07, 6.45) is 0. The molecule has 0 heterocycles. The molecule has 0 saturated heterocycles. The standard InChI is InChI=1S/C11H13Cl2NO/c12-8-10(13)9-14-6-7-15-11-4-2-1-3-5-11/h1-5,8,14H,6-7,9H2. The maximum absolute atomic E-state index is 5.69. The van der Waals surface area contributed by atoms with Crippen LogP contribution in [0.2, 0.25) is 0 Å². The number of rotatable bonds is 6. The zero-order valence-corrected chi connectivity index (χ0v) is 9.76. The predicted molar refractivity (Wildman–Crippen MR) is 64.6 cm³/mol.